The average Bonchev–Trinajstić information content (AvgIpc) is 3.33. The van der Waals surface area contributed by atoms with Gasteiger partial charge in [-0.1, -0.05) is 35.9 Å². The van der Waals surface area contributed by atoms with E-state index < -0.39 is 0 Å². The summed E-state index contributed by atoms with van der Waals surface area (Å²) in [6, 6.07) is 7.14. The predicted octanol–water partition coefficient (Wildman–Crippen LogP) is 2.73. The zero-order valence-corrected chi connectivity index (χ0v) is 13.1. The number of hydrogen-bond acceptors (Lipinski definition) is 3. The van der Waals surface area contributed by atoms with Gasteiger partial charge in [-0.15, -0.1) is 0 Å². The van der Waals surface area contributed by atoms with Crippen molar-refractivity contribution in [3.05, 3.63) is 47.0 Å². The molecule has 116 valence electrons. The monoisotopic (exact) mass is 326 g/mol. The zero-order valence-electron chi connectivity index (χ0n) is 12.3. The number of hydrogen-bond donors (Lipinski definition) is 0. The summed E-state index contributed by atoms with van der Waals surface area (Å²) in [4.78, 5) is 25.4. The molecule has 2 saturated carbocycles. The van der Waals surface area contributed by atoms with Gasteiger partial charge in [-0.2, -0.15) is 10.1 Å². The molecule has 0 N–H and O–H groups in total. The van der Waals surface area contributed by atoms with Gasteiger partial charge in [-0.05, 0) is 47.8 Å². The number of hydrazone groups is 1. The van der Waals surface area contributed by atoms with E-state index in [9.17, 15) is 9.59 Å². The summed E-state index contributed by atoms with van der Waals surface area (Å²) in [6.45, 7) is 0. The minimum atomic E-state index is -0.191. The van der Waals surface area contributed by atoms with Crippen molar-refractivity contribution in [3.63, 3.8) is 0 Å². The van der Waals surface area contributed by atoms with Crippen molar-refractivity contribution in [1.29, 1.82) is 0 Å². The first-order valence-electron chi connectivity index (χ1n) is 8.01. The quantitative estimate of drug-likeness (QED) is 0.476. The van der Waals surface area contributed by atoms with Gasteiger partial charge in [0.25, 0.3) is 11.8 Å². The van der Waals surface area contributed by atoms with Gasteiger partial charge in [0.05, 0.1) is 18.1 Å². The molecule has 1 aromatic rings. The van der Waals surface area contributed by atoms with Crippen LogP contribution in [0.2, 0.25) is 5.02 Å². The van der Waals surface area contributed by atoms with Crippen LogP contribution < -0.4 is 0 Å². The Hall–Kier alpha value is -1.94. The molecule has 2 bridgehead atoms. The molecule has 1 heterocycles. The van der Waals surface area contributed by atoms with Crippen LogP contribution in [0.1, 0.15) is 12.0 Å². The van der Waals surface area contributed by atoms with Gasteiger partial charge in [0.2, 0.25) is 0 Å². The maximum atomic E-state index is 12.7. The Balaban J connectivity index is 1.44. The molecule has 6 rings (SSSR count). The van der Waals surface area contributed by atoms with Crippen LogP contribution in [0, 0.1) is 35.5 Å². The fourth-order valence-corrected chi connectivity index (χ4v) is 4.85. The van der Waals surface area contributed by atoms with Gasteiger partial charge in [0.1, 0.15) is 0 Å². The molecule has 1 aliphatic heterocycles. The molecule has 23 heavy (non-hydrogen) atoms. The van der Waals surface area contributed by atoms with E-state index >= 15 is 0 Å². The first kappa shape index (κ1) is 13.5. The summed E-state index contributed by atoms with van der Waals surface area (Å²) >= 11 is 5.85. The maximum Gasteiger partial charge on any atom is 0.254 e. The molecular formula is C18H15ClN2O2. The number of nitrogens with zero attached hydrogens (tertiary/aromatic N) is 2. The first-order chi connectivity index (χ1) is 11.1. The highest BCUT2D eigenvalue weighted by atomic mass is 35.5. The highest BCUT2D eigenvalue weighted by Gasteiger charge is 2.67. The SMILES string of the molecule is O=C1[C@H]2[C@@H]3C=C[C@H]([C@@H]4C[C@H]34)[C@@H]2C(=O)N1/N=C\c1ccc(Cl)cc1. The lowest BCUT2D eigenvalue weighted by Crippen LogP contribution is -2.40. The summed E-state index contributed by atoms with van der Waals surface area (Å²) in [5.41, 5.74) is 0.814. The molecule has 4 aliphatic carbocycles. The van der Waals surface area contributed by atoms with Crippen molar-refractivity contribution in [2.24, 2.45) is 40.6 Å². The van der Waals surface area contributed by atoms with E-state index in [4.69, 9.17) is 11.6 Å². The number of halogens is 1. The third-order valence-corrected chi connectivity index (χ3v) is 6.08. The number of amides is 2. The van der Waals surface area contributed by atoms with Crippen molar-refractivity contribution in [3.8, 4) is 0 Å². The van der Waals surface area contributed by atoms with Crippen LogP contribution in [0.25, 0.3) is 0 Å². The minimum Gasteiger partial charge on any atom is -0.272 e. The summed E-state index contributed by atoms with van der Waals surface area (Å²) in [6.07, 6.45) is 7.05. The second-order valence-electron chi connectivity index (χ2n) is 6.94. The minimum absolute atomic E-state index is 0.130. The standard InChI is InChI=1S/C18H15ClN2O2/c19-10-3-1-9(2-4-10)8-20-21-17(22)15-11-5-6-12(14-7-13(11)14)16(15)18(21)23/h1-6,8,11-16H,7H2/b20-8-/t11-,12-,13-,14+,15+,16+/m1/s1. The van der Waals surface area contributed by atoms with Crippen LogP contribution >= 0.6 is 11.6 Å². The summed E-state index contributed by atoms with van der Waals surface area (Å²) < 4.78 is 0. The predicted molar refractivity (Wildman–Crippen MR) is 85.6 cm³/mol. The maximum absolute atomic E-state index is 12.7. The summed E-state index contributed by atoms with van der Waals surface area (Å²) in [7, 11) is 0. The third-order valence-electron chi connectivity index (χ3n) is 5.83. The molecule has 0 unspecified atom stereocenters. The Morgan fingerprint density at radius 2 is 1.57 bits per heavy atom. The molecule has 5 aliphatic rings. The molecule has 1 saturated heterocycles. The number of imide groups is 1. The second-order valence-corrected chi connectivity index (χ2v) is 7.38. The van der Waals surface area contributed by atoms with Gasteiger partial charge >= 0.3 is 0 Å². The molecule has 1 aromatic carbocycles. The van der Waals surface area contributed by atoms with E-state index in [-0.39, 0.29) is 35.5 Å². The highest BCUT2D eigenvalue weighted by Crippen LogP contribution is 2.65. The number of carbonyl (C=O) groups is 2. The average molecular weight is 327 g/mol. The normalized spacial score (nSPS) is 40.0. The Morgan fingerprint density at radius 1 is 1.00 bits per heavy atom. The lowest BCUT2D eigenvalue weighted by atomic mass is 9.63. The van der Waals surface area contributed by atoms with Crippen LogP contribution in [0.4, 0.5) is 0 Å². The molecule has 0 radical (unpaired) electrons. The highest BCUT2D eigenvalue weighted by molar-refractivity contribution is 6.30. The van der Waals surface area contributed by atoms with Crippen LogP contribution in [-0.4, -0.2) is 23.0 Å². The molecule has 6 atom stereocenters. The number of benzene rings is 1. The van der Waals surface area contributed by atoms with Gasteiger partial charge in [0, 0.05) is 5.02 Å². The van der Waals surface area contributed by atoms with Crippen molar-refractivity contribution in [2.45, 2.75) is 6.42 Å². The van der Waals surface area contributed by atoms with Crippen LogP contribution in [0.15, 0.2) is 41.5 Å². The van der Waals surface area contributed by atoms with E-state index in [1.165, 1.54) is 6.42 Å². The van der Waals surface area contributed by atoms with Gasteiger partial charge in [-0.25, -0.2) is 0 Å². The third kappa shape index (κ3) is 1.81. The summed E-state index contributed by atoms with van der Waals surface area (Å²) in [5, 5.41) is 5.93. The molecule has 0 aromatic heterocycles. The van der Waals surface area contributed by atoms with Crippen molar-refractivity contribution < 1.29 is 9.59 Å². The van der Waals surface area contributed by atoms with Crippen molar-refractivity contribution in [1.82, 2.24) is 5.01 Å². The number of rotatable bonds is 2. The Labute approximate surface area is 138 Å². The molecule has 5 heteroatoms. The lowest BCUT2D eigenvalue weighted by molar-refractivity contribution is -0.140. The molecule has 2 amide bonds. The van der Waals surface area contributed by atoms with Gasteiger partial charge in [-0.3, -0.25) is 9.59 Å². The van der Waals surface area contributed by atoms with Gasteiger partial charge < -0.3 is 0 Å². The van der Waals surface area contributed by atoms with Crippen LogP contribution in [0.3, 0.4) is 0 Å². The van der Waals surface area contributed by atoms with Crippen molar-refractivity contribution in [2.75, 3.05) is 0 Å². The van der Waals surface area contributed by atoms with E-state index in [1.54, 1.807) is 18.3 Å². The lowest BCUT2D eigenvalue weighted by Gasteiger charge is -2.37. The topological polar surface area (TPSA) is 49.7 Å². The largest absolute Gasteiger partial charge is 0.272 e. The van der Waals surface area contributed by atoms with E-state index in [0.717, 1.165) is 10.6 Å². The van der Waals surface area contributed by atoms with Crippen molar-refractivity contribution >= 4 is 29.6 Å². The zero-order chi connectivity index (χ0) is 15.7. The molecule has 3 fully saturated rings. The molecule has 4 nitrogen and oxygen atoms in total. The fourth-order valence-electron chi connectivity index (χ4n) is 4.73. The fraction of sp³-hybridized carbons (Fsp3) is 0.389. The second kappa shape index (κ2) is 4.54. The van der Waals surface area contributed by atoms with Crippen LogP contribution in [-0.2, 0) is 9.59 Å². The molecular weight excluding hydrogens is 312 g/mol. The first-order valence-corrected chi connectivity index (χ1v) is 8.38. The van der Waals surface area contributed by atoms with E-state index in [1.807, 2.05) is 12.1 Å². The Bertz CT molecular complexity index is 734. The smallest absolute Gasteiger partial charge is 0.254 e. The number of carbonyl (C=O) groups excluding carboxylic acids is 2. The van der Waals surface area contributed by atoms with Crippen LogP contribution in [0.5, 0.6) is 0 Å². The Morgan fingerprint density at radius 3 is 2.13 bits per heavy atom. The van der Waals surface area contributed by atoms with E-state index in [0.29, 0.717) is 16.9 Å². The summed E-state index contributed by atoms with van der Waals surface area (Å²) in [5.74, 6) is 1.06. The van der Waals surface area contributed by atoms with E-state index in [2.05, 4.69) is 17.3 Å². The molecule has 0 spiro atoms. The Kier molecular flexibility index (Phi) is 2.66. The number of allylic oxidation sites excluding steroid dienone is 2. The van der Waals surface area contributed by atoms with Gasteiger partial charge in [0.15, 0.2) is 0 Å².